The minimum absolute atomic E-state index is 0.0425. The fourth-order valence-electron chi connectivity index (χ4n) is 5.29. The molecule has 0 radical (unpaired) electrons. The van der Waals surface area contributed by atoms with E-state index in [1.54, 1.807) is 32.9 Å². The summed E-state index contributed by atoms with van der Waals surface area (Å²) >= 11 is 1.30. The SMILES string of the molecule is CC(C)CN(C[C@@H](O)[C@H](Cc1ccccc1)NC(=O)OC(C)(C)C)S(=O)(=O)c1ccc2nc(N3CCCC3C(O)O)sc2c1. The highest BCUT2D eigenvalue weighted by Crippen LogP contribution is 2.35. The number of ether oxygens (including phenoxy) is 1. The summed E-state index contributed by atoms with van der Waals surface area (Å²) in [6, 6.07) is 12.8. The van der Waals surface area contributed by atoms with Crippen molar-refractivity contribution in [2.45, 2.75) is 88.9 Å². The van der Waals surface area contributed by atoms with E-state index in [1.165, 1.54) is 21.7 Å². The zero-order chi connectivity index (χ0) is 32.2. The quantitative estimate of drug-likeness (QED) is 0.215. The predicted octanol–water partition coefficient (Wildman–Crippen LogP) is 3.72. The maximum Gasteiger partial charge on any atom is 0.407 e. The zero-order valence-corrected chi connectivity index (χ0v) is 27.5. The minimum atomic E-state index is -4.07. The molecule has 4 rings (SSSR count). The van der Waals surface area contributed by atoms with Crippen LogP contribution in [0.4, 0.5) is 9.93 Å². The maximum atomic E-state index is 14.1. The molecule has 13 heteroatoms. The van der Waals surface area contributed by atoms with Crippen molar-refractivity contribution < 1.29 is 33.3 Å². The molecule has 242 valence electrons. The Hall–Kier alpha value is -2.81. The smallest absolute Gasteiger partial charge is 0.407 e. The number of hydrogen-bond acceptors (Lipinski definition) is 10. The van der Waals surface area contributed by atoms with Crippen LogP contribution in [-0.4, -0.2) is 88.8 Å². The van der Waals surface area contributed by atoms with Gasteiger partial charge in [0.1, 0.15) is 5.60 Å². The van der Waals surface area contributed by atoms with Gasteiger partial charge < -0.3 is 30.3 Å². The maximum absolute atomic E-state index is 14.1. The first kappa shape index (κ1) is 34.1. The molecule has 0 saturated carbocycles. The number of aromatic nitrogens is 1. The Morgan fingerprint density at radius 3 is 2.48 bits per heavy atom. The Morgan fingerprint density at radius 1 is 1.14 bits per heavy atom. The van der Waals surface area contributed by atoms with E-state index in [2.05, 4.69) is 10.3 Å². The highest BCUT2D eigenvalue weighted by molar-refractivity contribution is 7.89. The number of rotatable bonds is 12. The lowest BCUT2D eigenvalue weighted by atomic mass is 10.0. The molecule has 2 aromatic carbocycles. The fourth-order valence-corrected chi connectivity index (χ4v) is 8.10. The van der Waals surface area contributed by atoms with Crippen LogP contribution in [0.1, 0.15) is 53.0 Å². The van der Waals surface area contributed by atoms with Crippen LogP contribution < -0.4 is 10.2 Å². The number of carbonyl (C=O) groups is 1. The van der Waals surface area contributed by atoms with Gasteiger partial charge in [0.25, 0.3) is 0 Å². The number of amides is 1. The van der Waals surface area contributed by atoms with Crippen LogP contribution in [0, 0.1) is 5.92 Å². The number of fused-ring (bicyclic) bond motifs is 1. The number of thiazole rings is 1. The van der Waals surface area contributed by atoms with E-state index in [9.17, 15) is 28.5 Å². The van der Waals surface area contributed by atoms with Crippen molar-refractivity contribution in [2.75, 3.05) is 24.5 Å². The monoisotopic (exact) mass is 648 g/mol. The molecule has 1 saturated heterocycles. The van der Waals surface area contributed by atoms with Gasteiger partial charge in [-0.05, 0) is 69.7 Å². The molecule has 44 heavy (non-hydrogen) atoms. The molecule has 4 N–H and O–H groups in total. The molecule has 11 nitrogen and oxygen atoms in total. The van der Waals surface area contributed by atoms with Crippen molar-refractivity contribution in [3.63, 3.8) is 0 Å². The normalized spacial score (nSPS) is 17.5. The van der Waals surface area contributed by atoms with E-state index >= 15 is 0 Å². The van der Waals surface area contributed by atoms with Crippen molar-refractivity contribution in [3.8, 4) is 0 Å². The number of alkyl carbamates (subject to hydrolysis) is 1. The third kappa shape index (κ3) is 8.67. The summed E-state index contributed by atoms with van der Waals surface area (Å²) in [5.74, 6) is -0.0425. The Kier molecular flexibility index (Phi) is 10.9. The summed E-state index contributed by atoms with van der Waals surface area (Å²) in [6.45, 7) is 9.57. The molecule has 1 aliphatic heterocycles. The molecule has 1 aromatic heterocycles. The third-order valence-corrected chi connectivity index (χ3v) is 10.2. The number of nitrogens with zero attached hydrogens (tertiary/aromatic N) is 3. The Balaban J connectivity index is 1.60. The van der Waals surface area contributed by atoms with Crippen LogP contribution in [0.3, 0.4) is 0 Å². The Morgan fingerprint density at radius 2 is 1.84 bits per heavy atom. The highest BCUT2D eigenvalue weighted by atomic mass is 32.2. The minimum Gasteiger partial charge on any atom is -0.444 e. The molecule has 1 fully saturated rings. The molecule has 2 heterocycles. The van der Waals surface area contributed by atoms with Gasteiger partial charge >= 0.3 is 6.09 Å². The summed E-state index contributed by atoms with van der Waals surface area (Å²) in [7, 11) is -4.07. The summed E-state index contributed by atoms with van der Waals surface area (Å²) in [5, 5.41) is 34.4. The molecule has 3 atom stereocenters. The van der Waals surface area contributed by atoms with Crippen LogP contribution in [0.15, 0.2) is 53.4 Å². The van der Waals surface area contributed by atoms with Gasteiger partial charge in [-0.2, -0.15) is 4.31 Å². The van der Waals surface area contributed by atoms with Crippen LogP contribution in [0.25, 0.3) is 10.2 Å². The van der Waals surface area contributed by atoms with Gasteiger partial charge in [-0.3, -0.25) is 0 Å². The van der Waals surface area contributed by atoms with Crippen molar-refractivity contribution >= 4 is 42.8 Å². The van der Waals surface area contributed by atoms with E-state index in [-0.39, 0.29) is 30.3 Å². The molecular weight excluding hydrogens is 604 g/mol. The lowest BCUT2D eigenvalue weighted by Gasteiger charge is -2.31. The van der Waals surface area contributed by atoms with Gasteiger partial charge in [-0.15, -0.1) is 0 Å². The summed E-state index contributed by atoms with van der Waals surface area (Å²) in [6.07, 6.45) is -1.73. The van der Waals surface area contributed by atoms with Crippen LogP contribution in [0.5, 0.6) is 0 Å². The number of carbonyl (C=O) groups excluding carboxylic acids is 1. The van der Waals surface area contributed by atoms with Crippen LogP contribution in [-0.2, 0) is 21.2 Å². The standard InChI is InChI=1S/C31H44N4O7S2/c1-20(2)18-34(19-26(36)24(16-21-10-7-6-8-11-21)33-30(39)42-31(3,4)5)44(40,41)22-13-14-23-27(17-22)43-29(32-23)35-15-9-12-25(35)28(37)38/h6-8,10-11,13-14,17,20,24-26,28,36-38H,9,12,15-16,18-19H2,1-5H3,(H,33,39)/t24-,25?,26+/m0/s1. The topological polar surface area (TPSA) is 153 Å². The first-order chi connectivity index (χ1) is 20.6. The molecule has 0 bridgehead atoms. The van der Waals surface area contributed by atoms with Crippen LogP contribution >= 0.6 is 11.3 Å². The van der Waals surface area contributed by atoms with Gasteiger partial charge in [0.15, 0.2) is 11.4 Å². The van der Waals surface area contributed by atoms with Gasteiger partial charge in [-0.25, -0.2) is 18.2 Å². The predicted molar refractivity (Wildman–Crippen MR) is 171 cm³/mol. The van der Waals surface area contributed by atoms with E-state index < -0.39 is 46.2 Å². The lowest BCUT2D eigenvalue weighted by Crippen LogP contribution is -2.51. The molecule has 3 aromatic rings. The molecule has 0 aliphatic carbocycles. The first-order valence-electron chi connectivity index (χ1n) is 14.9. The lowest BCUT2D eigenvalue weighted by molar-refractivity contribution is -0.0566. The summed E-state index contributed by atoms with van der Waals surface area (Å²) < 4.78 is 35.5. The van der Waals surface area contributed by atoms with Gasteiger partial charge in [0.2, 0.25) is 10.0 Å². The number of anilines is 1. The average Bonchev–Trinajstić information content (AvgIpc) is 3.58. The number of hydrogen-bond donors (Lipinski definition) is 4. The van der Waals surface area contributed by atoms with Crippen molar-refractivity contribution in [3.05, 3.63) is 54.1 Å². The number of aliphatic hydroxyl groups is 3. The molecule has 0 spiro atoms. The van der Waals surface area contributed by atoms with Gasteiger partial charge in [-0.1, -0.05) is 55.5 Å². The number of benzene rings is 2. The van der Waals surface area contributed by atoms with E-state index in [1.807, 2.05) is 49.1 Å². The van der Waals surface area contributed by atoms with Crippen molar-refractivity contribution in [1.82, 2.24) is 14.6 Å². The second-order valence-corrected chi connectivity index (χ2v) is 15.6. The van der Waals surface area contributed by atoms with Gasteiger partial charge in [0, 0.05) is 19.6 Å². The largest absolute Gasteiger partial charge is 0.444 e. The van der Waals surface area contributed by atoms with Crippen LogP contribution in [0.2, 0.25) is 0 Å². The van der Waals surface area contributed by atoms with E-state index in [0.717, 1.165) is 12.0 Å². The number of sulfonamides is 1. The van der Waals surface area contributed by atoms with E-state index in [0.29, 0.717) is 28.3 Å². The van der Waals surface area contributed by atoms with E-state index in [4.69, 9.17) is 4.74 Å². The number of aliphatic hydroxyl groups excluding tert-OH is 2. The second kappa shape index (κ2) is 14.1. The molecule has 1 aliphatic rings. The second-order valence-electron chi connectivity index (χ2n) is 12.7. The molecular formula is C31H44N4O7S2. The Bertz CT molecular complexity index is 1510. The highest BCUT2D eigenvalue weighted by Gasteiger charge is 2.34. The van der Waals surface area contributed by atoms with Crippen molar-refractivity contribution in [1.29, 1.82) is 0 Å². The van der Waals surface area contributed by atoms with Gasteiger partial charge in [0.05, 0.1) is 33.3 Å². The summed E-state index contributed by atoms with van der Waals surface area (Å²) in [5.41, 5.74) is 0.732. The third-order valence-electron chi connectivity index (χ3n) is 7.30. The Labute approximate surface area is 263 Å². The number of nitrogens with one attached hydrogen (secondary N) is 1. The first-order valence-corrected chi connectivity index (χ1v) is 17.1. The summed E-state index contributed by atoms with van der Waals surface area (Å²) in [4.78, 5) is 19.3. The fraction of sp³-hybridized carbons (Fsp3) is 0.548. The average molecular weight is 649 g/mol. The zero-order valence-electron chi connectivity index (χ0n) is 25.9. The van der Waals surface area contributed by atoms with Crippen molar-refractivity contribution in [2.24, 2.45) is 5.92 Å². The molecule has 1 amide bonds. The molecule has 1 unspecified atom stereocenters.